The van der Waals surface area contributed by atoms with Gasteiger partial charge in [-0.1, -0.05) is 6.42 Å². The van der Waals surface area contributed by atoms with E-state index >= 15 is 0 Å². The van der Waals surface area contributed by atoms with Gasteiger partial charge in [0.15, 0.2) is 11.5 Å². The van der Waals surface area contributed by atoms with E-state index in [0.717, 1.165) is 30.0 Å². The minimum absolute atomic E-state index is 0.112. The van der Waals surface area contributed by atoms with Crippen LogP contribution in [0.5, 0.6) is 0 Å². The highest BCUT2D eigenvalue weighted by molar-refractivity contribution is 5.96. The van der Waals surface area contributed by atoms with Gasteiger partial charge in [0, 0.05) is 18.0 Å². The zero-order valence-electron chi connectivity index (χ0n) is 10.7. The van der Waals surface area contributed by atoms with Gasteiger partial charge in [0.25, 0.3) is 0 Å². The Labute approximate surface area is 111 Å². The fourth-order valence-electron chi connectivity index (χ4n) is 2.44. The quantitative estimate of drug-likeness (QED) is 0.917. The van der Waals surface area contributed by atoms with Gasteiger partial charge in [-0.2, -0.15) is 5.10 Å². The molecule has 5 heteroatoms. The van der Waals surface area contributed by atoms with Crippen LogP contribution in [0, 0.1) is 5.92 Å². The van der Waals surface area contributed by atoms with E-state index in [1.165, 1.54) is 19.3 Å². The van der Waals surface area contributed by atoms with Crippen molar-refractivity contribution >= 4 is 17.2 Å². The first-order valence-corrected chi connectivity index (χ1v) is 6.97. The molecule has 0 bridgehead atoms. The van der Waals surface area contributed by atoms with Crippen LogP contribution < -0.4 is 5.32 Å². The molecular weight excluding hydrogens is 240 g/mol. The van der Waals surface area contributed by atoms with E-state index in [4.69, 9.17) is 0 Å². The van der Waals surface area contributed by atoms with Gasteiger partial charge in [0.05, 0.1) is 5.69 Å². The summed E-state index contributed by atoms with van der Waals surface area (Å²) in [6, 6.07) is 3.80. The van der Waals surface area contributed by atoms with Gasteiger partial charge in [-0.05, 0) is 37.8 Å². The molecule has 0 aromatic carbocycles. The smallest absolute Gasteiger partial charge is 0.227 e. The molecule has 19 heavy (non-hydrogen) atoms. The number of carbonyl (C=O) groups is 1. The number of fused-ring (bicyclic) bond motifs is 1. The Hall–Kier alpha value is -1.91. The maximum Gasteiger partial charge on any atom is 0.227 e. The van der Waals surface area contributed by atoms with Crippen LogP contribution in [-0.2, 0) is 4.79 Å². The van der Waals surface area contributed by atoms with E-state index in [-0.39, 0.29) is 11.8 Å². The Morgan fingerprint density at radius 2 is 2.16 bits per heavy atom. The van der Waals surface area contributed by atoms with E-state index in [9.17, 15) is 4.79 Å². The van der Waals surface area contributed by atoms with E-state index in [2.05, 4.69) is 15.4 Å². The summed E-state index contributed by atoms with van der Waals surface area (Å²) < 4.78 is 1.77. The second kappa shape index (κ2) is 4.05. The van der Waals surface area contributed by atoms with Crippen molar-refractivity contribution in [1.29, 1.82) is 0 Å². The first kappa shape index (κ1) is 11.0. The summed E-state index contributed by atoms with van der Waals surface area (Å²) in [5.74, 6) is 1.74. The van der Waals surface area contributed by atoms with Gasteiger partial charge in [-0.15, -0.1) is 0 Å². The number of amides is 1. The van der Waals surface area contributed by atoms with Gasteiger partial charge in [-0.25, -0.2) is 9.50 Å². The van der Waals surface area contributed by atoms with Gasteiger partial charge in [0.2, 0.25) is 5.91 Å². The molecule has 2 aliphatic carbocycles. The number of rotatable bonds is 3. The molecule has 2 saturated carbocycles. The summed E-state index contributed by atoms with van der Waals surface area (Å²) in [5, 5.41) is 7.49. The number of nitrogens with zero attached hydrogens (tertiary/aromatic N) is 3. The first-order valence-electron chi connectivity index (χ1n) is 6.97. The SMILES string of the molecule is O=C(Nc1cccn2nc(C3CCC3)nc12)C1CC1. The number of pyridine rings is 1. The number of carbonyl (C=O) groups excluding carboxylic acids is 1. The fourth-order valence-corrected chi connectivity index (χ4v) is 2.44. The second-order valence-electron chi connectivity index (χ2n) is 5.55. The molecule has 1 N–H and O–H groups in total. The van der Waals surface area contributed by atoms with E-state index < -0.39 is 0 Å². The molecule has 2 fully saturated rings. The van der Waals surface area contributed by atoms with Crippen molar-refractivity contribution in [3.8, 4) is 0 Å². The fraction of sp³-hybridized carbons (Fsp3) is 0.500. The predicted molar refractivity (Wildman–Crippen MR) is 70.9 cm³/mol. The molecule has 98 valence electrons. The average Bonchev–Trinajstić information content (AvgIpc) is 3.09. The van der Waals surface area contributed by atoms with Crippen LogP contribution in [-0.4, -0.2) is 20.5 Å². The van der Waals surface area contributed by atoms with Crippen molar-refractivity contribution in [3.63, 3.8) is 0 Å². The van der Waals surface area contributed by atoms with E-state index in [1.54, 1.807) is 4.52 Å². The molecule has 1 amide bonds. The average molecular weight is 256 g/mol. The topological polar surface area (TPSA) is 59.3 Å². The number of nitrogens with one attached hydrogen (secondary N) is 1. The molecule has 0 spiro atoms. The van der Waals surface area contributed by atoms with Crippen LogP contribution in [0.1, 0.15) is 43.8 Å². The molecule has 5 nitrogen and oxygen atoms in total. The molecule has 0 radical (unpaired) electrons. The number of hydrogen-bond acceptors (Lipinski definition) is 3. The highest BCUT2D eigenvalue weighted by atomic mass is 16.2. The summed E-state index contributed by atoms with van der Waals surface area (Å²) in [7, 11) is 0. The second-order valence-corrected chi connectivity index (χ2v) is 5.55. The van der Waals surface area contributed by atoms with E-state index in [1.807, 2.05) is 18.3 Å². The van der Waals surface area contributed by atoms with Gasteiger partial charge < -0.3 is 5.32 Å². The van der Waals surface area contributed by atoms with Gasteiger partial charge in [0.1, 0.15) is 0 Å². The van der Waals surface area contributed by atoms with Crippen molar-refractivity contribution in [1.82, 2.24) is 14.6 Å². The van der Waals surface area contributed by atoms with Crippen molar-refractivity contribution < 1.29 is 4.79 Å². The van der Waals surface area contributed by atoms with Crippen LogP contribution in [0.4, 0.5) is 5.69 Å². The zero-order valence-corrected chi connectivity index (χ0v) is 10.7. The van der Waals surface area contributed by atoms with Crippen LogP contribution >= 0.6 is 0 Å². The standard InChI is InChI=1S/C14H16N4O/c19-14(10-6-7-10)15-11-5-2-8-18-13(11)16-12(17-18)9-3-1-4-9/h2,5,8-10H,1,3-4,6-7H2,(H,15,19). The van der Waals surface area contributed by atoms with Gasteiger partial charge >= 0.3 is 0 Å². The van der Waals surface area contributed by atoms with Crippen molar-refractivity contribution in [3.05, 3.63) is 24.2 Å². The normalized spacial score (nSPS) is 19.4. The molecule has 4 rings (SSSR count). The molecular formula is C14H16N4O. The lowest BCUT2D eigenvalue weighted by Gasteiger charge is -2.21. The molecule has 2 aromatic heterocycles. The highest BCUT2D eigenvalue weighted by Gasteiger charge is 2.30. The zero-order chi connectivity index (χ0) is 12.8. The lowest BCUT2D eigenvalue weighted by molar-refractivity contribution is -0.117. The van der Waals surface area contributed by atoms with Gasteiger partial charge in [-0.3, -0.25) is 4.79 Å². The molecule has 0 atom stereocenters. The van der Waals surface area contributed by atoms with Crippen molar-refractivity contribution in [2.24, 2.45) is 5.92 Å². The monoisotopic (exact) mass is 256 g/mol. The van der Waals surface area contributed by atoms with Crippen LogP contribution in [0.3, 0.4) is 0 Å². The molecule has 2 aliphatic rings. The Morgan fingerprint density at radius 1 is 1.32 bits per heavy atom. The molecule has 2 heterocycles. The van der Waals surface area contributed by atoms with Crippen molar-refractivity contribution in [2.45, 2.75) is 38.0 Å². The van der Waals surface area contributed by atoms with Crippen LogP contribution in [0.25, 0.3) is 5.65 Å². The first-order chi connectivity index (χ1) is 9.31. The minimum Gasteiger partial charge on any atom is -0.323 e. The molecule has 0 saturated heterocycles. The Bertz CT molecular complexity index is 640. The number of anilines is 1. The lowest BCUT2D eigenvalue weighted by atomic mass is 9.85. The molecule has 0 unspecified atom stereocenters. The third-order valence-electron chi connectivity index (χ3n) is 4.06. The third-order valence-corrected chi connectivity index (χ3v) is 4.06. The van der Waals surface area contributed by atoms with Crippen LogP contribution in [0.2, 0.25) is 0 Å². The lowest BCUT2D eigenvalue weighted by Crippen LogP contribution is -2.14. The summed E-state index contributed by atoms with van der Waals surface area (Å²) >= 11 is 0. The third kappa shape index (κ3) is 1.89. The minimum atomic E-state index is 0.112. The van der Waals surface area contributed by atoms with Crippen LogP contribution in [0.15, 0.2) is 18.3 Å². The highest BCUT2D eigenvalue weighted by Crippen LogP contribution is 2.35. The summed E-state index contributed by atoms with van der Waals surface area (Å²) in [6.07, 6.45) is 7.54. The number of hydrogen-bond donors (Lipinski definition) is 1. The molecule has 0 aliphatic heterocycles. The molecule has 2 aromatic rings. The predicted octanol–water partition coefficient (Wildman–Crippen LogP) is 2.35. The van der Waals surface area contributed by atoms with Crippen molar-refractivity contribution in [2.75, 3.05) is 5.32 Å². The summed E-state index contributed by atoms with van der Waals surface area (Å²) in [5.41, 5.74) is 1.54. The Balaban J connectivity index is 1.68. The largest absolute Gasteiger partial charge is 0.323 e. The Kier molecular flexibility index (Phi) is 2.33. The summed E-state index contributed by atoms with van der Waals surface area (Å²) in [4.78, 5) is 16.5. The maximum absolute atomic E-state index is 11.9. The Morgan fingerprint density at radius 3 is 2.84 bits per heavy atom. The maximum atomic E-state index is 11.9. The van der Waals surface area contributed by atoms with E-state index in [0.29, 0.717) is 5.92 Å². The summed E-state index contributed by atoms with van der Waals surface area (Å²) in [6.45, 7) is 0. The number of aromatic nitrogens is 3.